The average Bonchev–Trinajstić information content (AvgIpc) is 3.00. The van der Waals surface area contributed by atoms with E-state index in [2.05, 4.69) is 11.9 Å². The fourth-order valence-corrected chi connectivity index (χ4v) is 2.86. The molecule has 0 spiro atoms. The number of aliphatic imine (C=N–C) groups is 1. The highest BCUT2D eigenvalue weighted by molar-refractivity contribution is 6.00. The van der Waals surface area contributed by atoms with E-state index in [4.69, 9.17) is 0 Å². The summed E-state index contributed by atoms with van der Waals surface area (Å²) >= 11 is 0. The summed E-state index contributed by atoms with van der Waals surface area (Å²) < 4.78 is 0. The molecule has 114 valence electrons. The van der Waals surface area contributed by atoms with E-state index >= 15 is 0 Å². The maximum absolute atomic E-state index is 12.6. The molecule has 0 unspecified atom stereocenters. The Labute approximate surface area is 128 Å². The molecular formula is C18H26N2O. The minimum Gasteiger partial charge on any atom is -0.366 e. The molecule has 0 N–H and O–H groups in total. The Morgan fingerprint density at radius 2 is 1.95 bits per heavy atom. The molecule has 1 aromatic carbocycles. The Morgan fingerprint density at radius 1 is 1.29 bits per heavy atom. The highest BCUT2D eigenvalue weighted by Crippen LogP contribution is 2.31. The third kappa shape index (κ3) is 3.72. The molecule has 3 nitrogen and oxygen atoms in total. The van der Waals surface area contributed by atoms with Crippen molar-refractivity contribution in [3.05, 3.63) is 28.8 Å². The number of benzene rings is 1. The largest absolute Gasteiger partial charge is 0.366 e. The fourth-order valence-electron chi connectivity index (χ4n) is 2.86. The third-order valence-corrected chi connectivity index (χ3v) is 4.43. The smallest absolute Gasteiger partial charge is 0.166 e. The molecule has 1 aromatic rings. The van der Waals surface area contributed by atoms with E-state index in [0.29, 0.717) is 5.78 Å². The minimum atomic E-state index is 0.240. The summed E-state index contributed by atoms with van der Waals surface area (Å²) in [7, 11) is 2.00. The van der Waals surface area contributed by atoms with Crippen LogP contribution in [0.15, 0.2) is 17.1 Å². The van der Waals surface area contributed by atoms with Crippen LogP contribution in [0, 0.1) is 19.8 Å². The van der Waals surface area contributed by atoms with E-state index in [1.165, 1.54) is 12.8 Å². The number of nitrogens with zero attached hydrogens (tertiary/aromatic N) is 2. The van der Waals surface area contributed by atoms with Crippen molar-refractivity contribution in [2.24, 2.45) is 10.9 Å². The summed E-state index contributed by atoms with van der Waals surface area (Å²) in [5.41, 5.74) is 3.96. The summed E-state index contributed by atoms with van der Waals surface area (Å²) in [6, 6.07) is 4.06. The molecule has 1 aliphatic carbocycles. The highest BCUT2D eigenvalue weighted by atomic mass is 16.1. The summed E-state index contributed by atoms with van der Waals surface area (Å²) in [5.74, 6) is 0.568. The molecule has 3 heteroatoms. The molecule has 1 fully saturated rings. The number of carbonyl (C=O) groups excluding carboxylic acids is 1. The zero-order valence-corrected chi connectivity index (χ0v) is 13.6. The lowest BCUT2D eigenvalue weighted by Gasteiger charge is -2.13. The first-order valence-corrected chi connectivity index (χ1v) is 7.92. The van der Waals surface area contributed by atoms with Gasteiger partial charge in [-0.05, 0) is 56.9 Å². The number of carbonyl (C=O) groups is 1. The van der Waals surface area contributed by atoms with Gasteiger partial charge in [0.2, 0.25) is 0 Å². The van der Waals surface area contributed by atoms with E-state index in [-0.39, 0.29) is 5.92 Å². The van der Waals surface area contributed by atoms with E-state index in [9.17, 15) is 4.79 Å². The van der Waals surface area contributed by atoms with Gasteiger partial charge in [0, 0.05) is 25.1 Å². The standard InChI is InChI=1S/C18H26N2O/c1-5-20(4)12-19-17-11-13(2)16(10-14(17)3)18(21)15-8-6-7-9-15/h10-12,15H,5-9H2,1-4H3. The number of Topliss-reactive ketones (excluding diaryl/α,β-unsaturated/α-hetero) is 1. The van der Waals surface area contributed by atoms with Crippen molar-refractivity contribution in [3.8, 4) is 0 Å². The molecule has 1 aliphatic rings. The van der Waals surface area contributed by atoms with Gasteiger partial charge < -0.3 is 4.90 Å². The topological polar surface area (TPSA) is 32.7 Å². The van der Waals surface area contributed by atoms with Crippen molar-refractivity contribution in [1.82, 2.24) is 4.90 Å². The van der Waals surface area contributed by atoms with Crippen molar-refractivity contribution < 1.29 is 4.79 Å². The fraction of sp³-hybridized carbons (Fsp3) is 0.556. The van der Waals surface area contributed by atoms with E-state index in [1.807, 2.05) is 44.3 Å². The van der Waals surface area contributed by atoms with Gasteiger partial charge in [0.15, 0.2) is 5.78 Å². The number of hydrogen-bond acceptors (Lipinski definition) is 2. The van der Waals surface area contributed by atoms with Gasteiger partial charge in [0.05, 0.1) is 12.0 Å². The molecule has 0 aromatic heterocycles. The Kier molecular flexibility index (Phi) is 5.16. The monoisotopic (exact) mass is 286 g/mol. The van der Waals surface area contributed by atoms with Crippen molar-refractivity contribution >= 4 is 17.8 Å². The normalized spacial score (nSPS) is 15.8. The van der Waals surface area contributed by atoms with E-state index in [1.54, 1.807) is 0 Å². The van der Waals surface area contributed by atoms with Gasteiger partial charge in [-0.3, -0.25) is 4.79 Å². The number of aryl methyl sites for hydroxylation is 2. The lowest BCUT2D eigenvalue weighted by Crippen LogP contribution is -2.14. The molecule has 0 radical (unpaired) electrons. The van der Waals surface area contributed by atoms with Gasteiger partial charge >= 0.3 is 0 Å². The molecule has 1 saturated carbocycles. The van der Waals surface area contributed by atoms with Crippen molar-refractivity contribution in [3.63, 3.8) is 0 Å². The lowest BCUT2D eigenvalue weighted by molar-refractivity contribution is 0.0922. The first-order chi connectivity index (χ1) is 10.0. The maximum Gasteiger partial charge on any atom is 0.166 e. The van der Waals surface area contributed by atoms with Crippen molar-refractivity contribution in [1.29, 1.82) is 0 Å². The Bertz CT molecular complexity index is 542. The molecule has 21 heavy (non-hydrogen) atoms. The van der Waals surface area contributed by atoms with Crippen LogP contribution >= 0.6 is 0 Å². The minimum absolute atomic E-state index is 0.240. The zero-order chi connectivity index (χ0) is 15.4. The molecule has 0 amide bonds. The van der Waals surface area contributed by atoms with Crippen molar-refractivity contribution in [2.45, 2.75) is 46.5 Å². The molecule has 0 heterocycles. The van der Waals surface area contributed by atoms with E-state index < -0.39 is 0 Å². The second kappa shape index (κ2) is 6.88. The molecule has 0 aliphatic heterocycles. The summed E-state index contributed by atoms with van der Waals surface area (Å²) in [4.78, 5) is 19.2. The van der Waals surface area contributed by atoms with Crippen LogP contribution in [0.3, 0.4) is 0 Å². The van der Waals surface area contributed by atoms with Gasteiger partial charge in [-0.25, -0.2) is 4.99 Å². The predicted octanol–water partition coefficient (Wildman–Crippen LogP) is 4.29. The Morgan fingerprint density at radius 3 is 2.57 bits per heavy atom. The highest BCUT2D eigenvalue weighted by Gasteiger charge is 2.25. The van der Waals surface area contributed by atoms with Gasteiger partial charge in [0.1, 0.15) is 0 Å². The van der Waals surface area contributed by atoms with Crippen LogP contribution in [0.25, 0.3) is 0 Å². The molecular weight excluding hydrogens is 260 g/mol. The van der Waals surface area contributed by atoms with Crippen LogP contribution < -0.4 is 0 Å². The van der Waals surface area contributed by atoms with Gasteiger partial charge in [0.25, 0.3) is 0 Å². The Balaban J connectivity index is 2.24. The van der Waals surface area contributed by atoms with Crippen LogP contribution in [0.5, 0.6) is 0 Å². The van der Waals surface area contributed by atoms with Crippen LogP contribution in [0.4, 0.5) is 5.69 Å². The average molecular weight is 286 g/mol. The predicted molar refractivity (Wildman–Crippen MR) is 88.7 cm³/mol. The summed E-state index contributed by atoms with van der Waals surface area (Å²) in [6.07, 6.45) is 6.34. The van der Waals surface area contributed by atoms with Gasteiger partial charge in [-0.15, -0.1) is 0 Å². The summed E-state index contributed by atoms with van der Waals surface area (Å²) in [6.45, 7) is 7.07. The quantitative estimate of drug-likeness (QED) is 0.459. The summed E-state index contributed by atoms with van der Waals surface area (Å²) in [5, 5.41) is 0. The SMILES string of the molecule is CCN(C)C=Nc1cc(C)c(C(=O)C2CCCC2)cc1C. The zero-order valence-electron chi connectivity index (χ0n) is 13.6. The molecule has 0 atom stereocenters. The van der Waals surface area contributed by atoms with Crippen LogP contribution in [0.2, 0.25) is 0 Å². The van der Waals surface area contributed by atoms with Gasteiger partial charge in [-0.1, -0.05) is 12.8 Å². The molecule has 0 bridgehead atoms. The number of hydrogen-bond donors (Lipinski definition) is 0. The lowest BCUT2D eigenvalue weighted by atomic mass is 9.92. The number of rotatable bonds is 5. The number of ketones is 1. The van der Waals surface area contributed by atoms with Gasteiger partial charge in [-0.2, -0.15) is 0 Å². The van der Waals surface area contributed by atoms with Crippen molar-refractivity contribution in [2.75, 3.05) is 13.6 Å². The Hall–Kier alpha value is -1.64. The second-order valence-electron chi connectivity index (χ2n) is 6.12. The molecule has 2 rings (SSSR count). The second-order valence-corrected chi connectivity index (χ2v) is 6.12. The molecule has 0 saturated heterocycles. The first-order valence-electron chi connectivity index (χ1n) is 7.92. The van der Waals surface area contributed by atoms with Crippen LogP contribution in [0.1, 0.15) is 54.1 Å². The van der Waals surface area contributed by atoms with Crippen LogP contribution in [-0.2, 0) is 0 Å². The maximum atomic E-state index is 12.6. The first kappa shape index (κ1) is 15.7. The van der Waals surface area contributed by atoms with E-state index in [0.717, 1.165) is 41.8 Å². The van der Waals surface area contributed by atoms with Crippen LogP contribution in [-0.4, -0.2) is 30.6 Å². The third-order valence-electron chi connectivity index (χ3n) is 4.43.